The van der Waals surface area contributed by atoms with Gasteiger partial charge in [0.2, 0.25) is 0 Å². The van der Waals surface area contributed by atoms with Crippen LogP contribution in [-0.4, -0.2) is 28.3 Å². The Morgan fingerprint density at radius 2 is 2.22 bits per heavy atom. The zero-order valence-electron chi connectivity index (χ0n) is 10.7. The largest absolute Gasteiger partial charge is 0.316 e. The SMILES string of the molecule is CC(C)CNCCCc1nnc(-c2cscn2)s1. The summed E-state index contributed by atoms with van der Waals surface area (Å²) in [6.07, 6.45) is 2.10. The third-order valence-electron chi connectivity index (χ3n) is 2.42. The Bertz CT molecular complexity index is 450. The van der Waals surface area contributed by atoms with Gasteiger partial charge in [0.05, 0.1) is 5.51 Å². The third kappa shape index (κ3) is 4.12. The Balaban J connectivity index is 1.74. The van der Waals surface area contributed by atoms with E-state index >= 15 is 0 Å². The first kappa shape index (κ1) is 13.6. The van der Waals surface area contributed by atoms with Crippen LogP contribution < -0.4 is 5.32 Å². The fourth-order valence-electron chi connectivity index (χ4n) is 1.53. The van der Waals surface area contributed by atoms with Crippen molar-refractivity contribution in [2.75, 3.05) is 13.1 Å². The van der Waals surface area contributed by atoms with E-state index in [4.69, 9.17) is 0 Å². The molecule has 2 aromatic heterocycles. The lowest BCUT2D eigenvalue weighted by molar-refractivity contribution is 0.542. The molecule has 4 nitrogen and oxygen atoms in total. The van der Waals surface area contributed by atoms with E-state index in [0.717, 1.165) is 41.6 Å². The van der Waals surface area contributed by atoms with Gasteiger partial charge < -0.3 is 5.32 Å². The highest BCUT2D eigenvalue weighted by Crippen LogP contribution is 2.23. The molecule has 18 heavy (non-hydrogen) atoms. The van der Waals surface area contributed by atoms with Crippen LogP contribution >= 0.6 is 22.7 Å². The summed E-state index contributed by atoms with van der Waals surface area (Å²) in [6, 6.07) is 0. The first-order chi connectivity index (χ1) is 8.75. The van der Waals surface area contributed by atoms with Gasteiger partial charge in [-0.2, -0.15) is 0 Å². The maximum atomic E-state index is 4.24. The molecule has 0 saturated carbocycles. The molecule has 2 heterocycles. The number of aromatic nitrogens is 3. The van der Waals surface area contributed by atoms with Crippen molar-refractivity contribution in [3.8, 4) is 10.7 Å². The summed E-state index contributed by atoms with van der Waals surface area (Å²) < 4.78 is 0. The van der Waals surface area contributed by atoms with Crippen LogP contribution in [0.3, 0.4) is 0 Å². The van der Waals surface area contributed by atoms with Gasteiger partial charge in [0.15, 0.2) is 5.01 Å². The van der Waals surface area contributed by atoms with E-state index in [9.17, 15) is 0 Å². The molecule has 2 aromatic rings. The zero-order chi connectivity index (χ0) is 12.8. The second kappa shape index (κ2) is 6.92. The Kier molecular flexibility index (Phi) is 5.22. The molecule has 0 amide bonds. The number of rotatable bonds is 7. The summed E-state index contributed by atoms with van der Waals surface area (Å²) in [4.78, 5) is 4.24. The molecular formula is C12H18N4S2. The maximum absolute atomic E-state index is 4.24. The van der Waals surface area contributed by atoms with E-state index < -0.39 is 0 Å². The van der Waals surface area contributed by atoms with Crippen molar-refractivity contribution in [3.63, 3.8) is 0 Å². The van der Waals surface area contributed by atoms with Crippen LogP contribution in [0.5, 0.6) is 0 Å². The number of thiazole rings is 1. The molecule has 0 saturated heterocycles. The van der Waals surface area contributed by atoms with E-state index in [-0.39, 0.29) is 0 Å². The lowest BCUT2D eigenvalue weighted by Crippen LogP contribution is -2.21. The zero-order valence-corrected chi connectivity index (χ0v) is 12.4. The van der Waals surface area contributed by atoms with Gasteiger partial charge in [-0.1, -0.05) is 25.2 Å². The molecule has 6 heteroatoms. The number of hydrogen-bond donors (Lipinski definition) is 1. The van der Waals surface area contributed by atoms with Crippen LogP contribution in [0, 0.1) is 5.92 Å². The van der Waals surface area contributed by atoms with Crippen LogP contribution in [0.2, 0.25) is 0 Å². The molecule has 0 aliphatic rings. The Hall–Kier alpha value is -0.850. The van der Waals surface area contributed by atoms with Crippen LogP contribution in [0.4, 0.5) is 0 Å². The molecule has 0 fully saturated rings. The molecule has 1 N–H and O–H groups in total. The van der Waals surface area contributed by atoms with Gasteiger partial charge in [-0.05, 0) is 25.4 Å². The molecule has 0 aromatic carbocycles. The molecule has 0 radical (unpaired) electrons. The van der Waals surface area contributed by atoms with Crippen molar-refractivity contribution < 1.29 is 0 Å². The van der Waals surface area contributed by atoms with Crippen LogP contribution in [0.1, 0.15) is 25.3 Å². The predicted molar refractivity (Wildman–Crippen MR) is 77.0 cm³/mol. The number of aryl methyl sites for hydroxylation is 1. The highest BCUT2D eigenvalue weighted by atomic mass is 32.1. The topological polar surface area (TPSA) is 50.7 Å². The molecule has 0 aliphatic heterocycles. The average molecular weight is 282 g/mol. The summed E-state index contributed by atoms with van der Waals surface area (Å²) in [5, 5.41) is 15.9. The van der Waals surface area contributed by atoms with Gasteiger partial charge in [0.1, 0.15) is 10.7 Å². The lowest BCUT2D eigenvalue weighted by Gasteiger charge is -2.05. The quantitative estimate of drug-likeness (QED) is 0.793. The second-order valence-corrected chi connectivity index (χ2v) is 6.36. The van der Waals surface area contributed by atoms with Gasteiger partial charge in [0.25, 0.3) is 0 Å². The molecule has 0 unspecified atom stereocenters. The second-order valence-electron chi connectivity index (χ2n) is 4.58. The van der Waals surface area contributed by atoms with Crippen molar-refractivity contribution in [1.82, 2.24) is 20.5 Å². The fraction of sp³-hybridized carbons (Fsp3) is 0.583. The number of nitrogens with one attached hydrogen (secondary N) is 1. The van der Waals surface area contributed by atoms with Crippen molar-refractivity contribution in [3.05, 3.63) is 15.9 Å². The minimum Gasteiger partial charge on any atom is -0.316 e. The highest BCUT2D eigenvalue weighted by Gasteiger charge is 2.07. The van der Waals surface area contributed by atoms with E-state index in [1.54, 1.807) is 22.7 Å². The Morgan fingerprint density at radius 1 is 1.33 bits per heavy atom. The minimum absolute atomic E-state index is 0.711. The van der Waals surface area contributed by atoms with E-state index in [2.05, 4.69) is 34.3 Å². The van der Waals surface area contributed by atoms with Gasteiger partial charge in [0, 0.05) is 11.8 Å². The molecule has 0 bridgehead atoms. The molecule has 2 rings (SSSR count). The summed E-state index contributed by atoms with van der Waals surface area (Å²) in [5.74, 6) is 0.711. The summed E-state index contributed by atoms with van der Waals surface area (Å²) in [5.41, 5.74) is 2.77. The van der Waals surface area contributed by atoms with E-state index in [1.165, 1.54) is 0 Å². The highest BCUT2D eigenvalue weighted by molar-refractivity contribution is 7.15. The first-order valence-electron chi connectivity index (χ1n) is 6.17. The van der Waals surface area contributed by atoms with Crippen molar-refractivity contribution in [1.29, 1.82) is 0 Å². The van der Waals surface area contributed by atoms with Crippen LogP contribution in [-0.2, 0) is 6.42 Å². The Morgan fingerprint density at radius 3 is 2.94 bits per heavy atom. The monoisotopic (exact) mass is 282 g/mol. The lowest BCUT2D eigenvalue weighted by atomic mass is 10.2. The number of nitrogens with zero attached hydrogens (tertiary/aromatic N) is 3. The smallest absolute Gasteiger partial charge is 0.167 e. The third-order valence-corrected chi connectivity index (χ3v) is 4.01. The van der Waals surface area contributed by atoms with Gasteiger partial charge >= 0.3 is 0 Å². The summed E-state index contributed by atoms with van der Waals surface area (Å²) in [7, 11) is 0. The standard InChI is InChI=1S/C12H18N4S2/c1-9(2)6-13-5-3-4-11-15-16-12(18-11)10-7-17-8-14-10/h7-9,13H,3-6H2,1-2H3. The van der Waals surface area contributed by atoms with Gasteiger partial charge in [-0.25, -0.2) is 4.98 Å². The van der Waals surface area contributed by atoms with Crippen molar-refractivity contribution >= 4 is 22.7 Å². The first-order valence-corrected chi connectivity index (χ1v) is 7.93. The molecule has 0 spiro atoms. The molecule has 0 aliphatic carbocycles. The normalized spacial score (nSPS) is 11.3. The van der Waals surface area contributed by atoms with Gasteiger partial charge in [-0.3, -0.25) is 0 Å². The molecule has 0 atom stereocenters. The average Bonchev–Trinajstić information content (AvgIpc) is 2.98. The summed E-state index contributed by atoms with van der Waals surface area (Å²) >= 11 is 3.24. The van der Waals surface area contributed by atoms with E-state index in [1.807, 2.05) is 10.9 Å². The van der Waals surface area contributed by atoms with E-state index in [0.29, 0.717) is 5.92 Å². The van der Waals surface area contributed by atoms with Crippen LogP contribution in [0.15, 0.2) is 10.9 Å². The van der Waals surface area contributed by atoms with Crippen molar-refractivity contribution in [2.45, 2.75) is 26.7 Å². The predicted octanol–water partition coefficient (Wildman–Crippen LogP) is 2.84. The van der Waals surface area contributed by atoms with Crippen molar-refractivity contribution in [2.24, 2.45) is 5.92 Å². The maximum Gasteiger partial charge on any atom is 0.167 e. The van der Waals surface area contributed by atoms with Gasteiger partial charge in [-0.15, -0.1) is 21.5 Å². The molecule has 98 valence electrons. The summed E-state index contributed by atoms with van der Waals surface area (Å²) in [6.45, 7) is 6.57. The number of hydrogen-bond acceptors (Lipinski definition) is 6. The molecular weight excluding hydrogens is 264 g/mol. The fourth-order valence-corrected chi connectivity index (χ4v) is 2.99. The Labute approximate surface area is 116 Å². The minimum atomic E-state index is 0.711. The van der Waals surface area contributed by atoms with Crippen LogP contribution in [0.25, 0.3) is 10.7 Å².